The van der Waals surface area contributed by atoms with E-state index in [1.54, 1.807) is 12.1 Å². The Morgan fingerprint density at radius 3 is 2.68 bits per heavy atom. The van der Waals surface area contributed by atoms with Crippen LogP contribution < -0.4 is 16.4 Å². The number of amides is 2. The van der Waals surface area contributed by atoms with Crippen molar-refractivity contribution < 1.29 is 14.0 Å². The number of nitrogens with one attached hydrogen (secondary N) is 2. The van der Waals surface area contributed by atoms with E-state index in [0.29, 0.717) is 18.5 Å². The number of benzene rings is 1. The lowest BCUT2D eigenvalue weighted by molar-refractivity contribution is -0.125. The van der Waals surface area contributed by atoms with E-state index in [9.17, 15) is 14.0 Å². The first-order valence-electron chi connectivity index (χ1n) is 5.70. The number of rotatable bonds is 6. The van der Waals surface area contributed by atoms with Gasteiger partial charge in [0.1, 0.15) is 5.82 Å². The molecule has 2 amide bonds. The van der Waals surface area contributed by atoms with Crippen molar-refractivity contribution >= 4 is 27.7 Å². The summed E-state index contributed by atoms with van der Waals surface area (Å²) in [4.78, 5) is 22.2. The van der Waals surface area contributed by atoms with Crippen molar-refractivity contribution in [3.8, 4) is 0 Å². The van der Waals surface area contributed by atoms with Crippen LogP contribution >= 0.6 is 15.9 Å². The highest BCUT2D eigenvalue weighted by Gasteiger charge is 2.05. The monoisotopic (exact) mass is 331 g/mol. The first-order valence-corrected chi connectivity index (χ1v) is 6.49. The van der Waals surface area contributed by atoms with Crippen LogP contribution in [0.1, 0.15) is 5.56 Å². The Bertz CT molecular complexity index is 468. The highest BCUT2D eigenvalue weighted by molar-refractivity contribution is 9.10. The summed E-state index contributed by atoms with van der Waals surface area (Å²) in [6.45, 7) is 0.0121. The molecule has 0 heterocycles. The number of carbonyl (C=O) groups is 2. The Labute approximate surface area is 118 Å². The molecule has 0 unspecified atom stereocenters. The molecule has 0 atom stereocenters. The zero-order valence-corrected chi connectivity index (χ0v) is 11.8. The van der Waals surface area contributed by atoms with Gasteiger partial charge in [-0.3, -0.25) is 9.59 Å². The highest BCUT2D eigenvalue weighted by atomic mass is 79.9. The maximum atomic E-state index is 13.4. The Morgan fingerprint density at radius 1 is 1.26 bits per heavy atom. The normalized spacial score (nSPS) is 10.1. The number of halogens is 2. The molecule has 7 heteroatoms. The molecular weight excluding hydrogens is 317 g/mol. The summed E-state index contributed by atoms with van der Waals surface area (Å²) in [5.41, 5.74) is 5.59. The van der Waals surface area contributed by atoms with E-state index in [-0.39, 0.29) is 24.8 Å². The van der Waals surface area contributed by atoms with Crippen LogP contribution in [0.4, 0.5) is 4.39 Å². The lowest BCUT2D eigenvalue weighted by Crippen LogP contribution is -2.40. The summed E-state index contributed by atoms with van der Waals surface area (Å²) in [5.74, 6) is -1.04. The molecule has 0 aliphatic rings. The van der Waals surface area contributed by atoms with Crippen molar-refractivity contribution in [2.24, 2.45) is 5.73 Å². The summed E-state index contributed by atoms with van der Waals surface area (Å²) < 4.78 is 14.2. The quantitative estimate of drug-likeness (QED) is 0.702. The van der Waals surface area contributed by atoms with Crippen LogP contribution in [0.3, 0.4) is 0 Å². The van der Waals surface area contributed by atoms with Gasteiger partial charge in [-0.2, -0.15) is 0 Å². The molecule has 0 saturated carbocycles. The zero-order valence-electron chi connectivity index (χ0n) is 10.2. The number of hydrogen-bond acceptors (Lipinski definition) is 3. The van der Waals surface area contributed by atoms with Gasteiger partial charge >= 0.3 is 0 Å². The van der Waals surface area contributed by atoms with Gasteiger partial charge in [-0.25, -0.2) is 4.39 Å². The van der Waals surface area contributed by atoms with E-state index in [2.05, 4.69) is 26.6 Å². The topological polar surface area (TPSA) is 84.2 Å². The molecule has 104 valence electrons. The minimum atomic E-state index is -0.395. The van der Waals surface area contributed by atoms with Gasteiger partial charge in [0.15, 0.2) is 0 Å². The van der Waals surface area contributed by atoms with Gasteiger partial charge < -0.3 is 16.4 Å². The van der Waals surface area contributed by atoms with Crippen LogP contribution in [-0.4, -0.2) is 31.4 Å². The molecule has 0 aromatic heterocycles. The minimum absolute atomic E-state index is 0.128. The first-order chi connectivity index (χ1) is 9.02. The van der Waals surface area contributed by atoms with Gasteiger partial charge in [-0.15, -0.1) is 0 Å². The van der Waals surface area contributed by atoms with E-state index >= 15 is 0 Å². The SMILES string of the molecule is NCC(=O)NCC(=O)NCCc1cc(Br)ccc1F. The van der Waals surface area contributed by atoms with Crippen LogP contribution in [-0.2, 0) is 16.0 Å². The number of carbonyl (C=O) groups excluding carboxylic acids is 2. The Hall–Kier alpha value is -1.47. The van der Waals surface area contributed by atoms with Crippen molar-refractivity contribution in [2.75, 3.05) is 19.6 Å². The fourth-order valence-corrected chi connectivity index (χ4v) is 1.79. The number of hydrogen-bond donors (Lipinski definition) is 3. The van der Waals surface area contributed by atoms with Crippen molar-refractivity contribution in [3.63, 3.8) is 0 Å². The smallest absolute Gasteiger partial charge is 0.239 e. The predicted octanol–water partition coefficient (Wildman–Crippen LogP) is 0.322. The molecule has 0 saturated heterocycles. The Morgan fingerprint density at radius 2 is 2.00 bits per heavy atom. The van der Waals surface area contributed by atoms with Gasteiger partial charge in [-0.1, -0.05) is 15.9 Å². The predicted molar refractivity (Wildman–Crippen MR) is 72.9 cm³/mol. The average Bonchev–Trinajstić information content (AvgIpc) is 2.40. The maximum Gasteiger partial charge on any atom is 0.239 e. The zero-order chi connectivity index (χ0) is 14.3. The average molecular weight is 332 g/mol. The molecule has 4 N–H and O–H groups in total. The summed E-state index contributed by atoms with van der Waals surface area (Å²) in [5, 5.41) is 4.92. The van der Waals surface area contributed by atoms with Crippen molar-refractivity contribution in [1.82, 2.24) is 10.6 Å². The van der Waals surface area contributed by atoms with Gasteiger partial charge in [0.2, 0.25) is 11.8 Å². The highest BCUT2D eigenvalue weighted by Crippen LogP contribution is 2.15. The van der Waals surface area contributed by atoms with Gasteiger partial charge in [-0.05, 0) is 30.2 Å². The third kappa shape index (κ3) is 5.80. The molecule has 1 aromatic carbocycles. The third-order valence-electron chi connectivity index (χ3n) is 2.36. The summed E-state index contributed by atoms with van der Waals surface area (Å²) in [7, 11) is 0. The molecule has 0 fully saturated rings. The lowest BCUT2D eigenvalue weighted by atomic mass is 10.1. The molecule has 0 spiro atoms. The van der Waals surface area contributed by atoms with Crippen molar-refractivity contribution in [1.29, 1.82) is 0 Å². The molecule has 1 rings (SSSR count). The Balaban J connectivity index is 2.32. The molecule has 0 aliphatic carbocycles. The molecule has 5 nitrogen and oxygen atoms in total. The molecule has 1 aromatic rings. The molecule has 0 bridgehead atoms. The van der Waals surface area contributed by atoms with Gasteiger partial charge in [0.05, 0.1) is 13.1 Å². The number of nitrogens with two attached hydrogens (primary N) is 1. The van der Waals surface area contributed by atoms with Crippen molar-refractivity contribution in [2.45, 2.75) is 6.42 Å². The molecule has 0 aliphatic heterocycles. The summed E-state index contributed by atoms with van der Waals surface area (Å²) in [6, 6.07) is 4.64. The maximum absolute atomic E-state index is 13.4. The Kier molecular flexibility index (Phi) is 6.44. The second-order valence-corrected chi connectivity index (χ2v) is 4.73. The fourth-order valence-electron chi connectivity index (χ4n) is 1.39. The van der Waals surface area contributed by atoms with Crippen LogP contribution in [0, 0.1) is 5.82 Å². The van der Waals surface area contributed by atoms with Crippen LogP contribution in [0.15, 0.2) is 22.7 Å². The second-order valence-electron chi connectivity index (χ2n) is 3.82. The van der Waals surface area contributed by atoms with Crippen LogP contribution in [0.5, 0.6) is 0 Å². The van der Waals surface area contributed by atoms with Gasteiger partial charge in [0.25, 0.3) is 0 Å². The van der Waals surface area contributed by atoms with E-state index in [1.807, 2.05) is 0 Å². The summed E-state index contributed by atoms with van der Waals surface area (Å²) in [6.07, 6.45) is 0.377. The van der Waals surface area contributed by atoms with E-state index in [0.717, 1.165) is 4.47 Å². The minimum Gasteiger partial charge on any atom is -0.354 e. The fraction of sp³-hybridized carbons (Fsp3) is 0.333. The van der Waals surface area contributed by atoms with Crippen molar-refractivity contribution in [3.05, 3.63) is 34.1 Å². The van der Waals surface area contributed by atoms with E-state index < -0.39 is 5.91 Å². The standard InChI is InChI=1S/C12H15BrFN3O2/c13-9-1-2-10(14)8(5-9)3-4-16-12(19)7-17-11(18)6-15/h1-2,5H,3-4,6-7,15H2,(H,16,19)(H,17,18). The largest absolute Gasteiger partial charge is 0.354 e. The van der Waals surface area contributed by atoms with Crippen LogP contribution in [0.25, 0.3) is 0 Å². The van der Waals surface area contributed by atoms with Gasteiger partial charge in [0, 0.05) is 11.0 Å². The third-order valence-corrected chi connectivity index (χ3v) is 2.85. The second kappa shape index (κ2) is 7.85. The first kappa shape index (κ1) is 15.6. The molecule has 19 heavy (non-hydrogen) atoms. The molecular formula is C12H15BrFN3O2. The molecule has 0 radical (unpaired) electrons. The van der Waals surface area contributed by atoms with Crippen LogP contribution in [0.2, 0.25) is 0 Å². The van der Waals surface area contributed by atoms with E-state index in [1.165, 1.54) is 6.07 Å². The van der Waals surface area contributed by atoms with E-state index in [4.69, 9.17) is 5.73 Å². The summed E-state index contributed by atoms with van der Waals surface area (Å²) >= 11 is 3.25. The lowest BCUT2D eigenvalue weighted by Gasteiger charge is -2.07.